The highest BCUT2D eigenvalue weighted by Crippen LogP contribution is 2.75. The Morgan fingerprint density at radius 1 is 1.16 bits per heavy atom. The number of carbonyl (C=O) groups excluding carboxylic acids is 1. The van der Waals surface area contributed by atoms with Crippen LogP contribution in [0.2, 0.25) is 18.0 Å². The molecule has 0 N–H and O–H groups in total. The van der Waals surface area contributed by atoms with E-state index in [1.165, 1.54) is 38.4 Å². The Bertz CT molecular complexity index is 394. The maximum atomic E-state index is 12.2. The zero-order valence-electron chi connectivity index (χ0n) is 12.2. The van der Waals surface area contributed by atoms with Crippen LogP contribution in [0.5, 0.6) is 0 Å². The van der Waals surface area contributed by atoms with Crippen LogP contribution in [0, 0.1) is 11.8 Å². The van der Waals surface area contributed by atoms with Crippen LogP contribution in [0.25, 0.3) is 0 Å². The summed E-state index contributed by atoms with van der Waals surface area (Å²) in [5, 5.41) is 0. The van der Waals surface area contributed by atoms with E-state index in [0.717, 1.165) is 30.8 Å². The Balaban J connectivity index is 1.51. The van der Waals surface area contributed by atoms with Crippen LogP contribution in [-0.2, 0) is 0 Å². The van der Waals surface area contributed by atoms with E-state index >= 15 is 0 Å². The van der Waals surface area contributed by atoms with E-state index in [1.54, 1.807) is 0 Å². The smallest absolute Gasteiger partial charge is 0.319 e. The van der Waals surface area contributed by atoms with Gasteiger partial charge in [-0.05, 0) is 24.7 Å². The van der Waals surface area contributed by atoms with Gasteiger partial charge in [0.25, 0.3) is 0 Å². The lowest BCUT2D eigenvalue weighted by Gasteiger charge is -2.46. The molecule has 3 aliphatic heterocycles. The molecule has 3 nitrogen and oxygen atoms in total. The van der Waals surface area contributed by atoms with Gasteiger partial charge < -0.3 is 9.80 Å². The number of urea groups is 1. The van der Waals surface area contributed by atoms with Gasteiger partial charge in [0.15, 0.2) is 0 Å². The van der Waals surface area contributed by atoms with E-state index in [0.29, 0.717) is 12.0 Å². The van der Waals surface area contributed by atoms with Crippen molar-refractivity contribution in [3.05, 3.63) is 0 Å². The molecule has 4 fully saturated rings. The topological polar surface area (TPSA) is 23.6 Å². The third kappa shape index (κ3) is 1.90. The molecule has 5 unspecified atom stereocenters. The minimum absolute atomic E-state index is 0.238. The molecule has 0 aromatic carbocycles. The summed E-state index contributed by atoms with van der Waals surface area (Å²) in [5.41, 5.74) is 0. The molecule has 0 aromatic rings. The zero-order chi connectivity index (χ0) is 13.1. The SMILES string of the molecule is CN1CC2CCCCC(C3B4CC43)CC2N(C)C1=O. The highest BCUT2D eigenvalue weighted by Gasteiger charge is 2.68. The van der Waals surface area contributed by atoms with E-state index < -0.39 is 0 Å². The average molecular weight is 260 g/mol. The predicted octanol–water partition coefficient (Wildman–Crippen LogP) is 2.81. The lowest BCUT2D eigenvalue weighted by atomic mass is 9.67. The molecular weight excluding hydrogens is 235 g/mol. The van der Waals surface area contributed by atoms with Crippen LogP contribution in [0.3, 0.4) is 0 Å². The second-order valence-corrected chi connectivity index (χ2v) is 7.52. The highest BCUT2D eigenvalue weighted by atomic mass is 16.2. The minimum atomic E-state index is 0.238. The van der Waals surface area contributed by atoms with Crippen LogP contribution < -0.4 is 0 Å². The summed E-state index contributed by atoms with van der Waals surface area (Å²) < 4.78 is 0. The van der Waals surface area contributed by atoms with Gasteiger partial charge in [-0.25, -0.2) is 4.79 Å². The first-order valence-electron chi connectivity index (χ1n) is 8.14. The molecule has 0 bridgehead atoms. The fourth-order valence-corrected chi connectivity index (χ4v) is 5.03. The lowest BCUT2D eigenvalue weighted by Crippen LogP contribution is -2.56. The maximum Gasteiger partial charge on any atom is 0.319 e. The van der Waals surface area contributed by atoms with Gasteiger partial charge in [0, 0.05) is 26.7 Å². The number of hydrogen-bond acceptors (Lipinski definition) is 1. The Labute approximate surface area is 116 Å². The largest absolute Gasteiger partial charge is 0.327 e. The van der Waals surface area contributed by atoms with Crippen LogP contribution in [0.4, 0.5) is 4.79 Å². The van der Waals surface area contributed by atoms with Gasteiger partial charge in [0.1, 0.15) is 6.71 Å². The Kier molecular flexibility index (Phi) is 2.65. The normalized spacial score (nSPS) is 45.3. The fraction of sp³-hybridized carbons (Fsp3) is 0.933. The predicted molar refractivity (Wildman–Crippen MR) is 77.7 cm³/mol. The molecule has 104 valence electrons. The quantitative estimate of drug-likeness (QED) is 0.665. The van der Waals surface area contributed by atoms with Gasteiger partial charge in [0.2, 0.25) is 0 Å². The molecule has 4 aliphatic rings. The van der Waals surface area contributed by atoms with E-state index in [4.69, 9.17) is 0 Å². The molecule has 1 aliphatic carbocycles. The molecule has 19 heavy (non-hydrogen) atoms. The summed E-state index contributed by atoms with van der Waals surface area (Å²) in [6, 6.07) is 0.760. The maximum absolute atomic E-state index is 12.2. The van der Waals surface area contributed by atoms with Gasteiger partial charge in [0.05, 0.1) is 0 Å². The summed E-state index contributed by atoms with van der Waals surface area (Å²) in [4.78, 5) is 16.2. The molecule has 2 amide bonds. The van der Waals surface area contributed by atoms with Crippen LogP contribution in [0.1, 0.15) is 32.1 Å². The standard InChI is InChI=1S/C15H25BN2O/c1-17-9-11-6-4-3-5-10(14-12-8-16(12)14)7-13(11)18(2)15(17)19/h10-14H,3-9H2,1-2H3. The molecule has 0 radical (unpaired) electrons. The molecular formula is C15H25BN2O. The molecule has 0 spiro atoms. The number of hydrogen-bond donors (Lipinski definition) is 0. The van der Waals surface area contributed by atoms with Crippen molar-refractivity contribution in [3.8, 4) is 0 Å². The fourth-order valence-electron chi connectivity index (χ4n) is 5.03. The summed E-state index contributed by atoms with van der Waals surface area (Å²) in [5.74, 6) is 3.80. The lowest BCUT2D eigenvalue weighted by molar-refractivity contribution is 0.0637. The van der Waals surface area contributed by atoms with Gasteiger partial charge in [-0.3, -0.25) is 0 Å². The number of fused-ring (bicyclic) bond motifs is 2. The number of amides is 2. The average Bonchev–Trinajstić information content (AvgIpc) is 3.23. The Morgan fingerprint density at radius 3 is 2.47 bits per heavy atom. The van der Waals surface area contributed by atoms with Crippen molar-refractivity contribution in [1.29, 1.82) is 0 Å². The third-order valence-corrected chi connectivity index (χ3v) is 6.41. The van der Waals surface area contributed by atoms with Crippen molar-refractivity contribution in [2.24, 2.45) is 11.8 Å². The van der Waals surface area contributed by atoms with Gasteiger partial charge in [-0.1, -0.05) is 37.2 Å². The van der Waals surface area contributed by atoms with E-state index in [2.05, 4.69) is 4.90 Å². The van der Waals surface area contributed by atoms with Gasteiger partial charge >= 0.3 is 6.03 Å². The minimum Gasteiger partial charge on any atom is -0.327 e. The van der Waals surface area contributed by atoms with Crippen molar-refractivity contribution >= 4 is 12.7 Å². The zero-order valence-corrected chi connectivity index (χ0v) is 12.2. The van der Waals surface area contributed by atoms with Crippen molar-refractivity contribution in [2.45, 2.75) is 56.1 Å². The monoisotopic (exact) mass is 260 g/mol. The van der Waals surface area contributed by atoms with Crippen molar-refractivity contribution < 1.29 is 4.79 Å². The number of nitrogens with zero attached hydrogens (tertiary/aromatic N) is 2. The first kappa shape index (κ1) is 12.1. The highest BCUT2D eigenvalue weighted by molar-refractivity contribution is 6.86. The van der Waals surface area contributed by atoms with Crippen molar-refractivity contribution in [3.63, 3.8) is 0 Å². The van der Waals surface area contributed by atoms with Crippen LogP contribution in [0.15, 0.2) is 0 Å². The second kappa shape index (κ2) is 4.16. The van der Waals surface area contributed by atoms with Crippen LogP contribution in [-0.4, -0.2) is 49.2 Å². The Morgan fingerprint density at radius 2 is 1.84 bits per heavy atom. The summed E-state index contributed by atoms with van der Waals surface area (Å²) in [6.07, 6.45) is 8.35. The Hall–Kier alpha value is -0.665. The van der Waals surface area contributed by atoms with E-state index in [9.17, 15) is 4.79 Å². The third-order valence-electron chi connectivity index (χ3n) is 6.41. The second-order valence-electron chi connectivity index (χ2n) is 7.52. The van der Waals surface area contributed by atoms with E-state index in [1.807, 2.05) is 19.0 Å². The molecule has 3 heterocycles. The number of carbonyl (C=O) groups is 1. The first-order valence-corrected chi connectivity index (χ1v) is 8.14. The number of rotatable bonds is 1. The summed E-state index contributed by atoms with van der Waals surface area (Å²) in [6.45, 7) is 2.09. The summed E-state index contributed by atoms with van der Waals surface area (Å²) >= 11 is 0. The van der Waals surface area contributed by atoms with Crippen molar-refractivity contribution in [1.82, 2.24) is 9.80 Å². The molecule has 3 saturated heterocycles. The summed E-state index contributed by atoms with van der Waals surface area (Å²) in [7, 11) is 3.99. The molecule has 5 atom stereocenters. The van der Waals surface area contributed by atoms with Crippen molar-refractivity contribution in [2.75, 3.05) is 20.6 Å². The van der Waals surface area contributed by atoms with Crippen LogP contribution >= 0.6 is 0 Å². The molecule has 4 heteroatoms. The van der Waals surface area contributed by atoms with Gasteiger partial charge in [-0.2, -0.15) is 0 Å². The molecule has 0 aromatic heterocycles. The molecule has 1 saturated carbocycles. The molecule has 4 rings (SSSR count). The van der Waals surface area contributed by atoms with E-state index in [-0.39, 0.29) is 6.03 Å². The first-order chi connectivity index (χ1) is 9.16. The van der Waals surface area contributed by atoms with Gasteiger partial charge in [-0.15, -0.1) is 0 Å².